The van der Waals surface area contributed by atoms with Crippen LogP contribution in [0.3, 0.4) is 0 Å². The Hall–Kier alpha value is -3.47. The van der Waals surface area contributed by atoms with E-state index in [2.05, 4.69) is 10.6 Å². The molecule has 0 aliphatic carbocycles. The number of benzene rings is 3. The molecule has 3 rings (SSSR count). The zero-order valence-electron chi connectivity index (χ0n) is 14.4. The van der Waals surface area contributed by atoms with Crippen LogP contribution in [0, 0.1) is 0 Å². The number of para-hydroxylation sites is 1. The second-order valence-corrected chi connectivity index (χ2v) is 5.57. The summed E-state index contributed by atoms with van der Waals surface area (Å²) in [5.74, 6) is 2.08. The number of amides is 1. The van der Waals surface area contributed by atoms with Crippen LogP contribution in [0.5, 0.6) is 17.2 Å². The van der Waals surface area contributed by atoms with E-state index in [9.17, 15) is 4.79 Å². The van der Waals surface area contributed by atoms with E-state index in [1.807, 2.05) is 54.6 Å². The van der Waals surface area contributed by atoms with Crippen molar-refractivity contribution >= 4 is 17.3 Å². The molecule has 0 aliphatic heterocycles. The number of nitrogens with one attached hydrogen (secondary N) is 2. The largest absolute Gasteiger partial charge is 0.497 e. The highest BCUT2D eigenvalue weighted by atomic mass is 16.5. The van der Waals surface area contributed by atoms with E-state index in [0.717, 1.165) is 22.9 Å². The summed E-state index contributed by atoms with van der Waals surface area (Å²) in [6.45, 7) is 0.154. The molecule has 0 spiro atoms. The van der Waals surface area contributed by atoms with Crippen molar-refractivity contribution in [1.29, 1.82) is 0 Å². The standard InChI is InChI=1S/C21H20N2O3/c1-25-18-12-10-16(11-13-18)23-21(24)15-22-17-6-5-9-20(14-17)26-19-7-3-2-4-8-19/h2-14,22H,15H2,1H3,(H,23,24). The molecule has 0 saturated carbocycles. The minimum atomic E-state index is -0.135. The topological polar surface area (TPSA) is 59.6 Å². The molecule has 0 bridgehead atoms. The molecule has 0 heterocycles. The molecule has 5 nitrogen and oxygen atoms in total. The van der Waals surface area contributed by atoms with Crippen molar-refractivity contribution in [2.24, 2.45) is 0 Å². The van der Waals surface area contributed by atoms with Crippen LogP contribution in [0.1, 0.15) is 0 Å². The van der Waals surface area contributed by atoms with Gasteiger partial charge in [-0.1, -0.05) is 24.3 Å². The van der Waals surface area contributed by atoms with E-state index < -0.39 is 0 Å². The quantitative estimate of drug-likeness (QED) is 0.658. The number of methoxy groups -OCH3 is 1. The van der Waals surface area contributed by atoms with Crippen LogP contribution in [0.15, 0.2) is 78.9 Å². The zero-order chi connectivity index (χ0) is 18.2. The molecule has 26 heavy (non-hydrogen) atoms. The van der Waals surface area contributed by atoms with Crippen molar-refractivity contribution in [2.45, 2.75) is 0 Å². The highest BCUT2D eigenvalue weighted by molar-refractivity contribution is 5.93. The number of anilines is 2. The van der Waals surface area contributed by atoms with E-state index in [1.165, 1.54) is 0 Å². The summed E-state index contributed by atoms with van der Waals surface area (Å²) >= 11 is 0. The lowest BCUT2D eigenvalue weighted by Crippen LogP contribution is -2.21. The lowest BCUT2D eigenvalue weighted by molar-refractivity contribution is -0.114. The zero-order valence-corrected chi connectivity index (χ0v) is 14.4. The van der Waals surface area contributed by atoms with Gasteiger partial charge in [-0.25, -0.2) is 0 Å². The molecule has 3 aromatic carbocycles. The average Bonchev–Trinajstić information content (AvgIpc) is 2.68. The molecule has 2 N–H and O–H groups in total. The summed E-state index contributed by atoms with van der Waals surface area (Å²) in [5, 5.41) is 5.93. The van der Waals surface area contributed by atoms with Gasteiger partial charge in [-0.15, -0.1) is 0 Å². The summed E-state index contributed by atoms with van der Waals surface area (Å²) < 4.78 is 10.9. The van der Waals surface area contributed by atoms with Crippen molar-refractivity contribution in [2.75, 3.05) is 24.3 Å². The third kappa shape index (κ3) is 5.01. The first-order valence-corrected chi connectivity index (χ1v) is 8.24. The Morgan fingerprint density at radius 3 is 2.27 bits per heavy atom. The second-order valence-electron chi connectivity index (χ2n) is 5.57. The second kappa shape index (κ2) is 8.58. The predicted molar refractivity (Wildman–Crippen MR) is 103 cm³/mol. The fraction of sp³-hybridized carbons (Fsp3) is 0.0952. The van der Waals surface area contributed by atoms with Crippen molar-refractivity contribution < 1.29 is 14.3 Å². The molecule has 132 valence electrons. The molecule has 0 unspecified atom stereocenters. The van der Waals surface area contributed by atoms with E-state index in [0.29, 0.717) is 5.75 Å². The Morgan fingerprint density at radius 1 is 0.808 bits per heavy atom. The first-order chi connectivity index (χ1) is 12.7. The summed E-state index contributed by atoms with van der Waals surface area (Å²) in [6, 6.07) is 24.2. The fourth-order valence-electron chi connectivity index (χ4n) is 2.36. The van der Waals surface area contributed by atoms with E-state index in [1.54, 1.807) is 31.4 Å². The Kier molecular flexibility index (Phi) is 5.72. The lowest BCUT2D eigenvalue weighted by Gasteiger charge is -2.10. The summed E-state index contributed by atoms with van der Waals surface area (Å²) in [7, 11) is 1.60. The number of ether oxygens (including phenoxy) is 2. The van der Waals surface area contributed by atoms with Gasteiger partial charge < -0.3 is 20.1 Å². The Morgan fingerprint density at radius 2 is 1.54 bits per heavy atom. The van der Waals surface area contributed by atoms with Crippen LogP contribution in [-0.4, -0.2) is 19.6 Å². The van der Waals surface area contributed by atoms with Crippen LogP contribution in [-0.2, 0) is 4.79 Å². The van der Waals surface area contributed by atoms with Crippen molar-refractivity contribution in [3.8, 4) is 17.2 Å². The summed E-state index contributed by atoms with van der Waals surface area (Å²) in [5.41, 5.74) is 1.53. The maximum absolute atomic E-state index is 12.1. The van der Waals surface area contributed by atoms with Gasteiger partial charge in [-0.3, -0.25) is 4.79 Å². The van der Waals surface area contributed by atoms with Gasteiger partial charge in [0.15, 0.2) is 0 Å². The van der Waals surface area contributed by atoms with Gasteiger partial charge in [-0.05, 0) is 48.5 Å². The minimum absolute atomic E-state index is 0.135. The molecule has 0 saturated heterocycles. The van der Waals surface area contributed by atoms with Crippen LogP contribution in [0.4, 0.5) is 11.4 Å². The molecule has 0 fully saturated rings. The van der Waals surface area contributed by atoms with Gasteiger partial charge in [0, 0.05) is 17.4 Å². The van der Waals surface area contributed by atoms with Crippen LogP contribution >= 0.6 is 0 Å². The van der Waals surface area contributed by atoms with Crippen molar-refractivity contribution in [3.05, 3.63) is 78.9 Å². The van der Waals surface area contributed by atoms with Gasteiger partial charge in [0.05, 0.1) is 13.7 Å². The van der Waals surface area contributed by atoms with Crippen LogP contribution in [0.2, 0.25) is 0 Å². The fourth-order valence-corrected chi connectivity index (χ4v) is 2.36. The maximum Gasteiger partial charge on any atom is 0.243 e. The number of rotatable bonds is 7. The molecule has 3 aromatic rings. The normalized spacial score (nSPS) is 10.0. The smallest absolute Gasteiger partial charge is 0.243 e. The van der Waals surface area contributed by atoms with E-state index >= 15 is 0 Å². The molecular formula is C21H20N2O3. The number of carbonyl (C=O) groups is 1. The first-order valence-electron chi connectivity index (χ1n) is 8.24. The van der Waals surface area contributed by atoms with Gasteiger partial charge in [0.2, 0.25) is 5.91 Å². The SMILES string of the molecule is COc1ccc(NC(=O)CNc2cccc(Oc3ccccc3)c2)cc1. The predicted octanol–water partition coefficient (Wildman–Crippen LogP) is 4.54. The van der Waals surface area contributed by atoms with Gasteiger partial charge in [0.25, 0.3) is 0 Å². The number of hydrogen-bond acceptors (Lipinski definition) is 4. The molecule has 0 radical (unpaired) electrons. The average molecular weight is 348 g/mol. The number of carbonyl (C=O) groups excluding carboxylic acids is 1. The summed E-state index contributed by atoms with van der Waals surface area (Å²) in [4.78, 5) is 12.1. The Balaban J connectivity index is 1.53. The molecule has 0 aromatic heterocycles. The maximum atomic E-state index is 12.1. The molecule has 0 aliphatic rings. The first kappa shape index (κ1) is 17.4. The van der Waals surface area contributed by atoms with E-state index in [-0.39, 0.29) is 12.5 Å². The monoisotopic (exact) mass is 348 g/mol. The van der Waals surface area contributed by atoms with Crippen molar-refractivity contribution in [3.63, 3.8) is 0 Å². The Labute approximate surface area is 152 Å². The van der Waals surface area contributed by atoms with Gasteiger partial charge >= 0.3 is 0 Å². The highest BCUT2D eigenvalue weighted by Gasteiger charge is 2.04. The third-order valence-electron chi connectivity index (χ3n) is 3.64. The molecular weight excluding hydrogens is 328 g/mol. The minimum Gasteiger partial charge on any atom is -0.497 e. The molecule has 1 amide bonds. The van der Waals surface area contributed by atoms with Gasteiger partial charge in [0.1, 0.15) is 17.2 Å². The highest BCUT2D eigenvalue weighted by Crippen LogP contribution is 2.23. The third-order valence-corrected chi connectivity index (χ3v) is 3.64. The molecule has 0 atom stereocenters. The van der Waals surface area contributed by atoms with Gasteiger partial charge in [-0.2, -0.15) is 0 Å². The summed E-state index contributed by atoms with van der Waals surface area (Å²) in [6.07, 6.45) is 0. The molecule has 5 heteroatoms. The Bertz CT molecular complexity index is 849. The lowest BCUT2D eigenvalue weighted by atomic mass is 10.3. The van der Waals surface area contributed by atoms with Crippen LogP contribution in [0.25, 0.3) is 0 Å². The van der Waals surface area contributed by atoms with Crippen molar-refractivity contribution in [1.82, 2.24) is 0 Å². The number of hydrogen-bond donors (Lipinski definition) is 2. The van der Waals surface area contributed by atoms with E-state index in [4.69, 9.17) is 9.47 Å². The van der Waals surface area contributed by atoms with Crippen LogP contribution < -0.4 is 20.1 Å².